The molecule has 2 atom stereocenters. The van der Waals surface area contributed by atoms with Gasteiger partial charge in [0, 0.05) is 41.2 Å². The van der Waals surface area contributed by atoms with Gasteiger partial charge in [0.2, 0.25) is 0 Å². The lowest BCUT2D eigenvalue weighted by molar-refractivity contribution is -0.307. The van der Waals surface area contributed by atoms with E-state index in [0.29, 0.717) is 5.92 Å². The molecule has 32 heavy (non-hydrogen) atoms. The summed E-state index contributed by atoms with van der Waals surface area (Å²) >= 11 is 0. The molecular weight excluding hydrogens is 409 g/mol. The molecular formula is C26H27FNO4-. The Hall–Kier alpha value is -3.09. The molecule has 0 radical (unpaired) electrons. The highest BCUT2D eigenvalue weighted by Crippen LogP contribution is 2.45. The van der Waals surface area contributed by atoms with Crippen LogP contribution in [0, 0.1) is 5.82 Å². The first-order valence-corrected chi connectivity index (χ1v) is 10.3. The number of fused-ring (bicyclic) bond motifs is 1. The number of carbonyl (C=O) groups excluding carboxylic acids is 1. The van der Waals surface area contributed by atoms with Gasteiger partial charge in [-0.05, 0) is 36.6 Å². The van der Waals surface area contributed by atoms with Crippen LogP contribution in [0.4, 0.5) is 4.39 Å². The SMILES string of the molecule is C.O=C([O-])C[C@H](O)C[C@@H](O)/C=C/c1c(C2CC2)nc2ccccc2c1-c1ccc(F)cc1. The number of aliphatic hydroxyl groups is 2. The zero-order valence-corrected chi connectivity index (χ0v) is 16.9. The summed E-state index contributed by atoms with van der Waals surface area (Å²) < 4.78 is 13.6. The molecule has 6 heteroatoms. The molecule has 0 saturated heterocycles. The molecule has 1 saturated carbocycles. The Labute approximate surface area is 186 Å². The highest BCUT2D eigenvalue weighted by molar-refractivity contribution is 5.99. The van der Waals surface area contributed by atoms with Gasteiger partial charge in [-0.15, -0.1) is 0 Å². The minimum atomic E-state index is -1.36. The van der Waals surface area contributed by atoms with Crippen LogP contribution in [-0.2, 0) is 4.79 Å². The Morgan fingerprint density at radius 1 is 1.16 bits per heavy atom. The molecule has 3 aromatic rings. The van der Waals surface area contributed by atoms with Gasteiger partial charge in [-0.2, -0.15) is 0 Å². The zero-order chi connectivity index (χ0) is 22.0. The van der Waals surface area contributed by atoms with Gasteiger partial charge in [0.25, 0.3) is 0 Å². The molecule has 0 unspecified atom stereocenters. The van der Waals surface area contributed by atoms with Crippen molar-refractivity contribution in [3.05, 3.63) is 71.7 Å². The normalized spacial score (nSPS) is 15.5. The fourth-order valence-electron chi connectivity index (χ4n) is 3.85. The second-order valence-corrected chi connectivity index (χ2v) is 7.98. The monoisotopic (exact) mass is 436 g/mol. The fourth-order valence-corrected chi connectivity index (χ4v) is 3.85. The van der Waals surface area contributed by atoms with Gasteiger partial charge >= 0.3 is 0 Å². The number of aliphatic hydroxyl groups excluding tert-OH is 2. The minimum Gasteiger partial charge on any atom is -0.550 e. The number of aromatic nitrogens is 1. The molecule has 0 spiro atoms. The average molecular weight is 437 g/mol. The highest BCUT2D eigenvalue weighted by atomic mass is 19.1. The van der Waals surface area contributed by atoms with E-state index >= 15 is 0 Å². The number of rotatable bonds is 8. The van der Waals surface area contributed by atoms with Gasteiger partial charge in [-0.3, -0.25) is 4.98 Å². The molecule has 2 aromatic carbocycles. The molecule has 4 rings (SSSR count). The third-order valence-electron chi connectivity index (χ3n) is 5.46. The van der Waals surface area contributed by atoms with Gasteiger partial charge in [0.05, 0.1) is 23.4 Å². The topological polar surface area (TPSA) is 93.5 Å². The van der Waals surface area contributed by atoms with Crippen molar-refractivity contribution in [1.82, 2.24) is 4.98 Å². The maximum absolute atomic E-state index is 13.6. The van der Waals surface area contributed by atoms with Crippen LogP contribution < -0.4 is 5.11 Å². The van der Waals surface area contributed by atoms with Crippen LogP contribution in [-0.4, -0.2) is 33.4 Å². The van der Waals surface area contributed by atoms with Crippen molar-refractivity contribution in [1.29, 1.82) is 0 Å². The number of carbonyl (C=O) groups is 1. The predicted octanol–water partition coefficient (Wildman–Crippen LogP) is 3.82. The first-order valence-electron chi connectivity index (χ1n) is 10.3. The first-order chi connectivity index (χ1) is 14.9. The number of halogens is 1. The van der Waals surface area contributed by atoms with Gasteiger partial charge in [-0.25, -0.2) is 4.39 Å². The maximum atomic E-state index is 13.6. The Bertz CT molecular complexity index is 1120. The summed E-state index contributed by atoms with van der Waals surface area (Å²) in [6, 6.07) is 14.1. The molecule has 0 amide bonds. The number of aliphatic carboxylic acids is 1. The second-order valence-electron chi connectivity index (χ2n) is 7.98. The summed E-state index contributed by atoms with van der Waals surface area (Å²) in [5, 5.41) is 31.7. The molecule has 1 heterocycles. The van der Waals surface area contributed by atoms with E-state index in [4.69, 9.17) is 4.98 Å². The standard InChI is InChI=1S/C25H24FNO4.CH4/c26-17-9-7-15(8-10-17)24-20-3-1-2-4-22(20)27-25(16-5-6-16)21(24)12-11-18(28)13-19(29)14-23(30)31;/h1-4,7-12,16,18-19,28-29H,5-6,13-14H2,(H,30,31);1H4/p-1/b12-11+;/t18-,19+;/m0./s1. The Morgan fingerprint density at radius 3 is 2.50 bits per heavy atom. The number of carboxylic acid groups (broad SMARTS) is 1. The Balaban J connectivity index is 0.00000289. The first kappa shape index (κ1) is 23.6. The Kier molecular flexibility index (Phi) is 7.38. The number of hydrogen-bond acceptors (Lipinski definition) is 5. The molecule has 1 aromatic heterocycles. The molecule has 1 aliphatic carbocycles. The van der Waals surface area contributed by atoms with E-state index in [1.165, 1.54) is 12.1 Å². The van der Waals surface area contributed by atoms with Crippen LogP contribution >= 0.6 is 0 Å². The number of para-hydroxylation sites is 1. The van der Waals surface area contributed by atoms with Gasteiger partial charge < -0.3 is 20.1 Å². The van der Waals surface area contributed by atoms with Crippen LogP contribution in [0.5, 0.6) is 0 Å². The zero-order valence-electron chi connectivity index (χ0n) is 16.9. The van der Waals surface area contributed by atoms with Crippen molar-refractivity contribution < 1.29 is 24.5 Å². The van der Waals surface area contributed by atoms with Crippen LogP contribution in [0.15, 0.2) is 54.6 Å². The molecule has 1 aliphatic rings. The van der Waals surface area contributed by atoms with E-state index < -0.39 is 24.6 Å². The summed E-state index contributed by atoms with van der Waals surface area (Å²) in [7, 11) is 0. The van der Waals surface area contributed by atoms with Crippen molar-refractivity contribution in [3.63, 3.8) is 0 Å². The number of carboxylic acids is 1. The quantitative estimate of drug-likeness (QED) is 0.560. The van der Waals surface area contributed by atoms with Gasteiger partial charge in [0.15, 0.2) is 0 Å². The Morgan fingerprint density at radius 2 is 1.84 bits per heavy atom. The lowest BCUT2D eigenvalue weighted by Gasteiger charge is -2.17. The van der Waals surface area contributed by atoms with Crippen molar-refractivity contribution in [2.45, 2.75) is 51.2 Å². The molecule has 168 valence electrons. The average Bonchev–Trinajstić information content (AvgIpc) is 3.56. The van der Waals surface area contributed by atoms with Crippen LogP contribution in [0.1, 0.15) is 50.3 Å². The van der Waals surface area contributed by atoms with Crippen LogP contribution in [0.2, 0.25) is 0 Å². The minimum absolute atomic E-state index is 0. The number of benzene rings is 2. The molecule has 0 aliphatic heterocycles. The number of pyridine rings is 1. The van der Waals surface area contributed by atoms with Crippen molar-refractivity contribution in [2.75, 3.05) is 0 Å². The lowest BCUT2D eigenvalue weighted by atomic mass is 9.92. The second kappa shape index (κ2) is 10.0. The number of nitrogens with zero attached hydrogens (tertiary/aromatic N) is 1. The van der Waals surface area contributed by atoms with Crippen molar-refractivity contribution in [2.24, 2.45) is 0 Å². The van der Waals surface area contributed by atoms with Gasteiger partial charge in [0.1, 0.15) is 5.82 Å². The maximum Gasteiger partial charge on any atom is 0.123 e. The molecule has 2 N–H and O–H groups in total. The summed E-state index contributed by atoms with van der Waals surface area (Å²) in [5.41, 5.74) is 4.38. The molecule has 0 bridgehead atoms. The van der Waals surface area contributed by atoms with E-state index in [0.717, 1.165) is 46.1 Å². The van der Waals surface area contributed by atoms with E-state index in [1.807, 2.05) is 24.3 Å². The predicted molar refractivity (Wildman–Crippen MR) is 121 cm³/mol. The van der Waals surface area contributed by atoms with Gasteiger partial charge in [-0.1, -0.05) is 49.9 Å². The summed E-state index contributed by atoms with van der Waals surface area (Å²) in [4.78, 5) is 15.5. The van der Waals surface area contributed by atoms with E-state index in [2.05, 4.69) is 0 Å². The fraction of sp³-hybridized carbons (Fsp3) is 0.308. The van der Waals surface area contributed by atoms with Crippen LogP contribution in [0.3, 0.4) is 0 Å². The molecule has 1 fully saturated rings. The van der Waals surface area contributed by atoms with E-state index in [9.17, 15) is 24.5 Å². The van der Waals surface area contributed by atoms with E-state index in [-0.39, 0.29) is 19.7 Å². The van der Waals surface area contributed by atoms with E-state index in [1.54, 1.807) is 24.3 Å². The lowest BCUT2D eigenvalue weighted by Crippen LogP contribution is -2.29. The molecule has 5 nitrogen and oxygen atoms in total. The summed E-state index contributed by atoms with van der Waals surface area (Å²) in [5.74, 6) is -1.36. The van der Waals surface area contributed by atoms with Crippen LogP contribution in [0.25, 0.3) is 28.1 Å². The van der Waals surface area contributed by atoms with Crippen molar-refractivity contribution >= 4 is 22.9 Å². The van der Waals surface area contributed by atoms with Crippen molar-refractivity contribution in [3.8, 4) is 11.1 Å². The third kappa shape index (κ3) is 5.39. The summed E-state index contributed by atoms with van der Waals surface area (Å²) in [6.45, 7) is 0. The third-order valence-corrected chi connectivity index (χ3v) is 5.46. The smallest absolute Gasteiger partial charge is 0.123 e. The largest absolute Gasteiger partial charge is 0.550 e. The summed E-state index contributed by atoms with van der Waals surface area (Å²) in [6.07, 6.45) is 2.51. The number of hydrogen-bond donors (Lipinski definition) is 2. The highest BCUT2D eigenvalue weighted by Gasteiger charge is 2.29.